The highest BCUT2D eigenvalue weighted by Crippen LogP contribution is 2.24. The second-order valence-electron chi connectivity index (χ2n) is 6.99. The van der Waals surface area contributed by atoms with E-state index >= 15 is 0 Å². The van der Waals surface area contributed by atoms with Gasteiger partial charge in [0.05, 0.1) is 10.7 Å². The summed E-state index contributed by atoms with van der Waals surface area (Å²) in [4.78, 5) is 24.3. The van der Waals surface area contributed by atoms with Crippen molar-refractivity contribution in [3.63, 3.8) is 0 Å². The van der Waals surface area contributed by atoms with Gasteiger partial charge in [0.25, 0.3) is 5.56 Å². The topological polar surface area (TPSA) is 64.0 Å². The molecule has 1 N–H and O–H groups in total. The van der Waals surface area contributed by atoms with E-state index in [0.29, 0.717) is 16.6 Å². The molecule has 1 aromatic carbocycles. The van der Waals surface area contributed by atoms with Crippen LogP contribution in [0.5, 0.6) is 0 Å². The maximum Gasteiger partial charge on any atom is 0.267 e. The van der Waals surface area contributed by atoms with Gasteiger partial charge in [-0.15, -0.1) is 0 Å². The molecule has 0 spiro atoms. The Morgan fingerprint density at radius 3 is 2.58 bits per heavy atom. The van der Waals surface area contributed by atoms with Crippen molar-refractivity contribution in [1.82, 2.24) is 15.1 Å². The number of amides is 1. The zero-order chi connectivity index (χ0) is 19.1. The number of halogens is 1. The molecule has 0 fully saturated rings. The predicted octanol–water partition coefficient (Wildman–Crippen LogP) is 3.89. The van der Waals surface area contributed by atoms with E-state index in [9.17, 15) is 9.59 Å². The fraction of sp³-hybridized carbons (Fsp3) is 0.450. The Morgan fingerprint density at radius 2 is 1.88 bits per heavy atom. The Hall–Kier alpha value is -2.14. The fourth-order valence-electron chi connectivity index (χ4n) is 2.74. The molecule has 1 amide bonds. The Balaban J connectivity index is 2.03. The number of nitrogens with zero attached hydrogens (tertiary/aromatic N) is 2. The van der Waals surface area contributed by atoms with Gasteiger partial charge in [-0.1, -0.05) is 56.5 Å². The molecule has 2 rings (SSSR count). The monoisotopic (exact) mass is 375 g/mol. The summed E-state index contributed by atoms with van der Waals surface area (Å²) in [6.45, 7) is 6.25. The van der Waals surface area contributed by atoms with Crippen LogP contribution >= 0.6 is 11.6 Å². The van der Waals surface area contributed by atoms with Gasteiger partial charge in [0, 0.05) is 17.7 Å². The van der Waals surface area contributed by atoms with E-state index in [4.69, 9.17) is 11.6 Å². The molecule has 0 aliphatic rings. The van der Waals surface area contributed by atoms with E-state index < -0.39 is 0 Å². The minimum atomic E-state index is -0.316. The van der Waals surface area contributed by atoms with E-state index in [0.717, 1.165) is 24.8 Å². The summed E-state index contributed by atoms with van der Waals surface area (Å²) in [6.07, 6.45) is 3.13. The molecular weight excluding hydrogens is 350 g/mol. The summed E-state index contributed by atoms with van der Waals surface area (Å²) in [6, 6.07) is 10.4. The quantitative estimate of drug-likeness (QED) is 0.761. The second kappa shape index (κ2) is 9.53. The highest BCUT2D eigenvalue weighted by atomic mass is 35.5. The van der Waals surface area contributed by atoms with Crippen LogP contribution in [-0.4, -0.2) is 21.7 Å². The number of hydrogen-bond acceptors (Lipinski definition) is 3. The predicted molar refractivity (Wildman–Crippen MR) is 105 cm³/mol. The minimum Gasteiger partial charge on any atom is -0.352 e. The Labute approximate surface area is 159 Å². The van der Waals surface area contributed by atoms with Gasteiger partial charge in [0.2, 0.25) is 5.91 Å². The van der Waals surface area contributed by atoms with Crippen LogP contribution in [0, 0.1) is 5.92 Å². The third-order valence-corrected chi connectivity index (χ3v) is 4.47. The summed E-state index contributed by atoms with van der Waals surface area (Å²) in [5.74, 6) is 0.446. The lowest BCUT2D eigenvalue weighted by Gasteiger charge is -2.15. The third-order valence-electron chi connectivity index (χ3n) is 4.14. The molecule has 0 bridgehead atoms. The van der Waals surface area contributed by atoms with E-state index in [1.807, 2.05) is 25.1 Å². The van der Waals surface area contributed by atoms with Crippen molar-refractivity contribution in [2.45, 2.75) is 52.6 Å². The number of benzene rings is 1. The van der Waals surface area contributed by atoms with Crippen LogP contribution in [0.4, 0.5) is 0 Å². The van der Waals surface area contributed by atoms with Crippen LogP contribution in [0.3, 0.4) is 0 Å². The zero-order valence-corrected chi connectivity index (χ0v) is 16.3. The van der Waals surface area contributed by atoms with Crippen LogP contribution in [0.2, 0.25) is 5.02 Å². The molecule has 0 radical (unpaired) electrons. The fourth-order valence-corrected chi connectivity index (χ4v) is 2.97. The number of aromatic nitrogens is 2. The van der Waals surface area contributed by atoms with Crippen molar-refractivity contribution in [2.24, 2.45) is 5.92 Å². The highest BCUT2D eigenvalue weighted by molar-refractivity contribution is 6.33. The molecule has 1 atom stereocenters. The molecule has 0 unspecified atom stereocenters. The molecule has 1 aromatic heterocycles. The SMILES string of the molecule is CC(C)CCC[C@@H](C)NC(=O)Cn1nc(-c2ccccc2Cl)ccc1=O. The Kier molecular flexibility index (Phi) is 7.39. The molecule has 26 heavy (non-hydrogen) atoms. The molecule has 6 heteroatoms. The molecule has 0 aliphatic heterocycles. The van der Waals surface area contributed by atoms with Gasteiger partial charge in [0.15, 0.2) is 0 Å². The van der Waals surface area contributed by atoms with E-state index in [1.54, 1.807) is 12.1 Å². The largest absolute Gasteiger partial charge is 0.352 e. The molecule has 1 heterocycles. The van der Waals surface area contributed by atoms with Gasteiger partial charge in [-0.25, -0.2) is 4.68 Å². The van der Waals surface area contributed by atoms with Gasteiger partial charge < -0.3 is 5.32 Å². The Morgan fingerprint density at radius 1 is 1.15 bits per heavy atom. The van der Waals surface area contributed by atoms with Crippen molar-refractivity contribution < 1.29 is 4.79 Å². The first kappa shape index (κ1) is 20.2. The maximum atomic E-state index is 12.2. The molecule has 0 saturated heterocycles. The van der Waals surface area contributed by atoms with Crippen LogP contribution in [0.15, 0.2) is 41.2 Å². The standard InChI is InChI=1S/C20H26ClN3O2/c1-14(2)7-6-8-15(3)22-19(25)13-24-20(26)12-11-18(23-24)16-9-4-5-10-17(16)21/h4-5,9-12,14-15H,6-8,13H2,1-3H3,(H,22,25)/t15-/m1/s1. The molecule has 5 nitrogen and oxygen atoms in total. The summed E-state index contributed by atoms with van der Waals surface area (Å²) in [7, 11) is 0. The molecule has 0 saturated carbocycles. The third kappa shape index (κ3) is 5.99. The van der Waals surface area contributed by atoms with Crippen LogP contribution in [0.25, 0.3) is 11.3 Å². The lowest BCUT2D eigenvalue weighted by Crippen LogP contribution is -2.38. The van der Waals surface area contributed by atoms with Crippen molar-refractivity contribution >= 4 is 17.5 Å². The molecule has 2 aromatic rings. The summed E-state index contributed by atoms with van der Waals surface area (Å²) in [5, 5.41) is 7.78. The number of carbonyl (C=O) groups is 1. The smallest absolute Gasteiger partial charge is 0.267 e. The second-order valence-corrected chi connectivity index (χ2v) is 7.39. The number of carbonyl (C=O) groups excluding carboxylic acids is 1. The first-order chi connectivity index (χ1) is 12.4. The number of rotatable bonds is 8. The van der Waals surface area contributed by atoms with Gasteiger partial charge in [-0.05, 0) is 31.4 Å². The summed E-state index contributed by atoms with van der Waals surface area (Å²) in [5.41, 5.74) is 0.974. The van der Waals surface area contributed by atoms with Crippen LogP contribution in [0.1, 0.15) is 40.0 Å². The highest BCUT2D eigenvalue weighted by Gasteiger charge is 2.12. The number of hydrogen-bond donors (Lipinski definition) is 1. The first-order valence-electron chi connectivity index (χ1n) is 8.99. The number of nitrogens with one attached hydrogen (secondary N) is 1. The average Bonchev–Trinajstić information content (AvgIpc) is 2.57. The first-order valence-corrected chi connectivity index (χ1v) is 9.37. The van der Waals surface area contributed by atoms with Crippen molar-refractivity contribution in [1.29, 1.82) is 0 Å². The van der Waals surface area contributed by atoms with E-state index in [1.165, 1.54) is 10.7 Å². The van der Waals surface area contributed by atoms with Gasteiger partial charge in [-0.2, -0.15) is 5.10 Å². The Bertz CT molecular complexity index is 802. The maximum absolute atomic E-state index is 12.2. The van der Waals surface area contributed by atoms with Gasteiger partial charge in [-0.3, -0.25) is 9.59 Å². The van der Waals surface area contributed by atoms with Crippen LogP contribution in [-0.2, 0) is 11.3 Å². The summed E-state index contributed by atoms with van der Waals surface area (Å²) < 4.78 is 1.18. The zero-order valence-electron chi connectivity index (χ0n) is 15.5. The van der Waals surface area contributed by atoms with Crippen molar-refractivity contribution in [3.8, 4) is 11.3 Å². The molecule has 0 aliphatic carbocycles. The van der Waals surface area contributed by atoms with E-state index in [-0.39, 0.29) is 24.1 Å². The molecular formula is C20H26ClN3O2. The van der Waals surface area contributed by atoms with E-state index in [2.05, 4.69) is 24.3 Å². The molecule has 140 valence electrons. The van der Waals surface area contributed by atoms with Gasteiger partial charge >= 0.3 is 0 Å². The lowest BCUT2D eigenvalue weighted by molar-refractivity contribution is -0.122. The minimum absolute atomic E-state index is 0.0729. The normalized spacial score (nSPS) is 12.2. The summed E-state index contributed by atoms with van der Waals surface area (Å²) >= 11 is 6.19. The average molecular weight is 376 g/mol. The lowest BCUT2D eigenvalue weighted by atomic mass is 10.0. The van der Waals surface area contributed by atoms with Crippen molar-refractivity contribution in [2.75, 3.05) is 0 Å². The van der Waals surface area contributed by atoms with Crippen LogP contribution < -0.4 is 10.9 Å². The van der Waals surface area contributed by atoms with Gasteiger partial charge in [0.1, 0.15) is 6.54 Å². The van der Waals surface area contributed by atoms with Crippen molar-refractivity contribution in [3.05, 3.63) is 51.8 Å².